The van der Waals surface area contributed by atoms with Gasteiger partial charge in [-0.2, -0.15) is 0 Å². The molecule has 0 spiro atoms. The summed E-state index contributed by atoms with van der Waals surface area (Å²) in [5.41, 5.74) is 5.22. The normalized spacial score (nSPS) is 12.5. The number of unbranched alkanes of at least 4 members (excludes halogenated alkanes) is 14. The molecule has 0 aliphatic carbocycles. The van der Waals surface area contributed by atoms with Gasteiger partial charge < -0.3 is 77.0 Å². The highest BCUT2D eigenvalue weighted by atomic mass is 32.1. The van der Waals surface area contributed by atoms with Crippen LogP contribution in [-0.2, 0) is 71.7 Å². The molecule has 13 N–H and O–H groups in total. The van der Waals surface area contributed by atoms with E-state index < -0.39 is 96.5 Å². The van der Waals surface area contributed by atoms with Crippen LogP contribution < -0.4 is 42.4 Å². The van der Waals surface area contributed by atoms with Crippen LogP contribution in [0.5, 0.6) is 0 Å². The molecule has 0 saturated carbocycles. The number of carboxylic acids is 4. The molecule has 0 rings (SSSR count). The van der Waals surface area contributed by atoms with E-state index in [1.165, 1.54) is 32.1 Å². The summed E-state index contributed by atoms with van der Waals surface area (Å²) < 4.78 is 23.7. The molecule has 27 nitrogen and oxygen atoms in total. The Hall–Kier alpha value is -5.68. The zero-order valence-corrected chi connectivity index (χ0v) is 46.6. The first-order valence-electron chi connectivity index (χ1n) is 27.4. The van der Waals surface area contributed by atoms with E-state index in [0.717, 1.165) is 51.4 Å². The van der Waals surface area contributed by atoms with Gasteiger partial charge in [0.15, 0.2) is 0 Å². The number of primary amides is 1. The predicted octanol–water partition coefficient (Wildman–Crippen LogP) is 1.23. The van der Waals surface area contributed by atoms with E-state index in [2.05, 4.69) is 49.4 Å². The van der Waals surface area contributed by atoms with Crippen LogP contribution in [0, 0.1) is 0 Å². The number of amides is 7. The number of rotatable bonds is 55. The number of carbonyl (C=O) groups excluding carboxylic acids is 7. The Morgan fingerprint density at radius 1 is 0.354 bits per heavy atom. The fraction of sp³-hybridized carbons (Fsp3) is 0.784. The summed E-state index contributed by atoms with van der Waals surface area (Å²) in [5, 5.41) is 52.1. The summed E-state index contributed by atoms with van der Waals surface area (Å²) in [7, 11) is 0. The van der Waals surface area contributed by atoms with Gasteiger partial charge in [0.2, 0.25) is 41.4 Å². The molecule has 0 fully saturated rings. The highest BCUT2D eigenvalue weighted by Crippen LogP contribution is 2.14. The SMILES string of the molecule is NC(=O)[C@H](CCCCNC(=O)CC[C@H](NC(=O)CC[C@H](NC(=O)COCCOCCNC(=O)COCCOCCNC(=O)CC[C@H](NC(=O)CCCCCCCCCCCCCCCCC(=O)O)C(=O)O)C(=O)O)C(=O)O)NS. The molecule has 0 unspecified atom stereocenters. The van der Waals surface area contributed by atoms with Crippen LogP contribution in [0.3, 0.4) is 0 Å². The first kappa shape index (κ1) is 73.3. The maximum absolute atomic E-state index is 12.5. The van der Waals surface area contributed by atoms with Crippen LogP contribution in [-0.4, -0.2) is 182 Å². The monoisotopic (exact) mass is 1150 g/mol. The fourth-order valence-corrected chi connectivity index (χ4v) is 7.80. The smallest absolute Gasteiger partial charge is 0.326 e. The van der Waals surface area contributed by atoms with Crippen molar-refractivity contribution in [3.05, 3.63) is 0 Å². The Kier molecular flexibility index (Phi) is 45.8. The quantitative estimate of drug-likeness (QED) is 0.0301. The average molecular weight is 1150 g/mol. The lowest BCUT2D eigenvalue weighted by Crippen LogP contribution is -2.45. The second-order valence-corrected chi connectivity index (χ2v) is 19.1. The van der Waals surface area contributed by atoms with Gasteiger partial charge in [0.25, 0.3) is 0 Å². The van der Waals surface area contributed by atoms with Crippen LogP contribution in [0.15, 0.2) is 0 Å². The molecule has 79 heavy (non-hydrogen) atoms. The highest BCUT2D eigenvalue weighted by molar-refractivity contribution is 7.78. The van der Waals surface area contributed by atoms with Crippen molar-refractivity contribution >= 4 is 78.0 Å². The Morgan fingerprint density at radius 3 is 1.13 bits per heavy atom. The van der Waals surface area contributed by atoms with Gasteiger partial charge in [-0.15, -0.1) is 0 Å². The number of carbonyl (C=O) groups is 11. The van der Waals surface area contributed by atoms with Crippen LogP contribution >= 0.6 is 12.8 Å². The number of thiol groups is 1. The van der Waals surface area contributed by atoms with Gasteiger partial charge >= 0.3 is 23.9 Å². The molecule has 0 aliphatic heterocycles. The largest absolute Gasteiger partial charge is 0.481 e. The van der Waals surface area contributed by atoms with Crippen molar-refractivity contribution in [2.75, 3.05) is 72.5 Å². The van der Waals surface area contributed by atoms with Gasteiger partial charge in [0.1, 0.15) is 31.3 Å². The first-order chi connectivity index (χ1) is 37.9. The van der Waals surface area contributed by atoms with Crippen molar-refractivity contribution in [1.82, 2.24) is 36.6 Å². The highest BCUT2D eigenvalue weighted by Gasteiger charge is 2.25. The standard InChI is InChI=1S/C51H90N8O19S/c52-48(68)37(59-79)17-15-16-26-53-41(60)23-20-39(50(71)72)57-44(63)25-22-40(51(73)74)58-46(65)36-78-34-32-76-30-28-55-45(64)35-77-33-31-75-29-27-54-42(61)24-21-38(49(69)70)56-43(62)18-13-11-9-7-5-3-1-2-4-6-8-10-12-14-19-47(66)67/h37-40,59,79H,1-36H2,(H2,52,68)(H,53,60)(H,54,61)(H,55,64)(H,56,62)(H,57,63)(H,58,65)(H,66,67)(H,69,70)(H,71,72)(H,73,74)/t37-,38-,39-,40-/m0/s1. The molecule has 0 aromatic carbocycles. The maximum atomic E-state index is 12.5. The minimum Gasteiger partial charge on any atom is -0.481 e. The minimum atomic E-state index is -1.49. The third-order valence-electron chi connectivity index (χ3n) is 12.0. The van der Waals surface area contributed by atoms with E-state index in [-0.39, 0.29) is 117 Å². The molecule has 0 aromatic heterocycles. The van der Waals surface area contributed by atoms with E-state index in [0.29, 0.717) is 25.7 Å². The number of aliphatic carboxylic acids is 4. The second-order valence-electron chi connectivity index (χ2n) is 18.8. The molecular formula is C51H90N8O19S. The lowest BCUT2D eigenvalue weighted by atomic mass is 10.0. The molecule has 0 saturated heterocycles. The van der Waals surface area contributed by atoms with Crippen molar-refractivity contribution in [3.8, 4) is 0 Å². The topological polar surface area (TPSA) is 416 Å². The Bertz CT molecular complexity index is 1800. The molecule has 0 aliphatic rings. The second kappa shape index (κ2) is 49.4. The molecule has 454 valence electrons. The van der Waals surface area contributed by atoms with Crippen molar-refractivity contribution in [3.63, 3.8) is 0 Å². The number of hydrogen-bond acceptors (Lipinski definition) is 17. The van der Waals surface area contributed by atoms with Crippen LogP contribution in [0.1, 0.15) is 161 Å². The summed E-state index contributed by atoms with van der Waals surface area (Å²) in [4.78, 5) is 130. The minimum absolute atomic E-state index is 0.0355. The maximum Gasteiger partial charge on any atom is 0.326 e. The summed E-state index contributed by atoms with van der Waals surface area (Å²) in [5.74, 6) is -8.57. The molecular weight excluding hydrogens is 1060 g/mol. The average Bonchev–Trinajstić information content (AvgIpc) is 3.39. The summed E-state index contributed by atoms with van der Waals surface area (Å²) in [6, 6.07) is -4.71. The molecule has 4 atom stereocenters. The third-order valence-corrected chi connectivity index (χ3v) is 12.3. The number of nitrogens with two attached hydrogens (primary N) is 1. The zero-order valence-electron chi connectivity index (χ0n) is 45.7. The van der Waals surface area contributed by atoms with Gasteiger partial charge in [0.05, 0.1) is 45.7 Å². The molecule has 0 bridgehead atoms. The molecule has 0 heterocycles. The van der Waals surface area contributed by atoms with Gasteiger partial charge in [-0.3, -0.25) is 43.1 Å². The first-order valence-corrected chi connectivity index (χ1v) is 27.9. The van der Waals surface area contributed by atoms with Gasteiger partial charge in [-0.1, -0.05) is 89.9 Å². The molecule has 28 heteroatoms. The summed E-state index contributed by atoms with van der Waals surface area (Å²) >= 11 is 3.83. The van der Waals surface area contributed by atoms with Gasteiger partial charge in [0, 0.05) is 51.7 Å². The van der Waals surface area contributed by atoms with Crippen molar-refractivity contribution in [2.24, 2.45) is 5.73 Å². The third kappa shape index (κ3) is 45.8. The number of ether oxygens (including phenoxy) is 4. The van der Waals surface area contributed by atoms with Crippen molar-refractivity contribution in [1.29, 1.82) is 0 Å². The zero-order chi connectivity index (χ0) is 58.9. The van der Waals surface area contributed by atoms with Crippen LogP contribution in [0.2, 0.25) is 0 Å². The lowest BCUT2D eigenvalue weighted by molar-refractivity contribution is -0.144. The molecule has 0 radical (unpaired) electrons. The molecule has 0 aromatic rings. The van der Waals surface area contributed by atoms with E-state index >= 15 is 0 Å². The number of nitrogens with one attached hydrogen (secondary N) is 7. The summed E-state index contributed by atoms with van der Waals surface area (Å²) in [6.45, 7) is 0.228. The molecule has 7 amide bonds. The van der Waals surface area contributed by atoms with E-state index in [1.54, 1.807) is 0 Å². The van der Waals surface area contributed by atoms with E-state index in [9.17, 15) is 68.1 Å². The Balaban J connectivity index is 3.97. The van der Waals surface area contributed by atoms with Gasteiger partial charge in [-0.25, -0.2) is 14.4 Å². The predicted molar refractivity (Wildman–Crippen MR) is 289 cm³/mol. The van der Waals surface area contributed by atoms with Crippen LogP contribution in [0.25, 0.3) is 0 Å². The van der Waals surface area contributed by atoms with E-state index in [4.69, 9.17) is 29.8 Å². The fourth-order valence-electron chi connectivity index (χ4n) is 7.54. The van der Waals surface area contributed by atoms with Crippen LogP contribution in [0.4, 0.5) is 0 Å². The van der Waals surface area contributed by atoms with E-state index in [1.807, 2.05) is 0 Å². The van der Waals surface area contributed by atoms with Crippen molar-refractivity contribution < 1.29 is 92.1 Å². The summed E-state index contributed by atoms with van der Waals surface area (Å²) in [6.07, 6.45) is 15.3. The lowest BCUT2D eigenvalue weighted by Gasteiger charge is -2.17. The Morgan fingerprint density at radius 2 is 0.709 bits per heavy atom. The number of hydrogen-bond donors (Lipinski definition) is 13. The van der Waals surface area contributed by atoms with Gasteiger partial charge in [-0.05, 0) is 51.4 Å². The Labute approximate surface area is 468 Å². The number of carboxylic acid groups (broad SMARTS) is 4. The van der Waals surface area contributed by atoms with Crippen molar-refractivity contribution in [2.45, 2.75) is 185 Å².